The number of ether oxygens (including phenoxy) is 1. The average molecular weight is 401 g/mol. The molecular weight excluding hydrogens is 393 g/mol. The van der Waals surface area contributed by atoms with E-state index in [1.807, 2.05) is 0 Å². The van der Waals surface area contributed by atoms with Crippen LogP contribution in [0.4, 0.5) is 13.2 Å². The number of rotatable bonds is 3. The Hall–Kier alpha value is -2.62. The first-order valence-corrected chi connectivity index (χ1v) is 7.25. The van der Waals surface area contributed by atoms with Gasteiger partial charge in [0.15, 0.2) is 11.3 Å². The van der Waals surface area contributed by atoms with Crippen LogP contribution in [0.5, 0.6) is 5.75 Å². The minimum absolute atomic E-state index is 0.000549. The number of nitrogens with two attached hydrogens (primary N) is 1. The van der Waals surface area contributed by atoms with Gasteiger partial charge in [-0.25, -0.2) is 9.67 Å². The zero-order valence-corrected chi connectivity index (χ0v) is 13.3. The third-order valence-corrected chi connectivity index (χ3v) is 3.73. The van der Waals surface area contributed by atoms with Gasteiger partial charge in [0.25, 0.3) is 5.91 Å². The Kier molecular flexibility index (Phi) is 3.91. The van der Waals surface area contributed by atoms with Gasteiger partial charge in [0.1, 0.15) is 5.75 Å². The summed E-state index contributed by atoms with van der Waals surface area (Å²) >= 11 is 3.30. The Morgan fingerprint density at radius 3 is 2.46 bits per heavy atom. The van der Waals surface area contributed by atoms with E-state index >= 15 is 0 Å². The highest BCUT2D eigenvalue weighted by Gasteiger charge is 2.31. The van der Waals surface area contributed by atoms with Crippen LogP contribution >= 0.6 is 15.9 Å². The molecule has 6 nitrogen and oxygen atoms in total. The lowest BCUT2D eigenvalue weighted by molar-refractivity contribution is -0.274. The maximum absolute atomic E-state index is 12.2. The lowest BCUT2D eigenvalue weighted by atomic mass is 10.2. The first-order chi connectivity index (χ1) is 11.3. The molecule has 0 unspecified atom stereocenters. The summed E-state index contributed by atoms with van der Waals surface area (Å²) in [5.41, 5.74) is 6.06. The highest BCUT2D eigenvalue weighted by atomic mass is 79.9. The third kappa shape index (κ3) is 3.04. The van der Waals surface area contributed by atoms with Gasteiger partial charge in [0, 0.05) is 10.7 Å². The van der Waals surface area contributed by atoms with E-state index in [-0.39, 0.29) is 11.4 Å². The van der Waals surface area contributed by atoms with Crippen LogP contribution in [0.1, 0.15) is 10.5 Å². The quantitative estimate of drug-likeness (QED) is 0.731. The van der Waals surface area contributed by atoms with Crippen molar-refractivity contribution in [3.63, 3.8) is 0 Å². The molecule has 0 atom stereocenters. The predicted molar refractivity (Wildman–Crippen MR) is 81.8 cm³/mol. The number of nitrogens with zero attached hydrogens (tertiary/aromatic N) is 3. The number of alkyl halides is 3. The van der Waals surface area contributed by atoms with E-state index in [0.717, 1.165) is 12.1 Å². The van der Waals surface area contributed by atoms with Crippen LogP contribution in [0.15, 0.2) is 41.0 Å². The van der Waals surface area contributed by atoms with Gasteiger partial charge >= 0.3 is 6.36 Å². The van der Waals surface area contributed by atoms with Crippen LogP contribution in [-0.2, 0) is 0 Å². The molecular formula is C14H8BrF3N4O2. The van der Waals surface area contributed by atoms with Crippen molar-refractivity contribution in [3.8, 4) is 11.4 Å². The van der Waals surface area contributed by atoms with E-state index < -0.39 is 12.3 Å². The van der Waals surface area contributed by atoms with Crippen LogP contribution < -0.4 is 10.5 Å². The van der Waals surface area contributed by atoms with Gasteiger partial charge < -0.3 is 10.5 Å². The van der Waals surface area contributed by atoms with Gasteiger partial charge in [0.2, 0.25) is 0 Å². The number of carbonyl (C=O) groups is 1. The number of hydrogen-bond donors (Lipinski definition) is 1. The van der Waals surface area contributed by atoms with Crippen molar-refractivity contribution >= 4 is 32.9 Å². The maximum Gasteiger partial charge on any atom is 0.573 e. The SMILES string of the molecule is NC(=O)c1nn(-c2ccc(OC(F)(F)F)cc2)c2nccc(Br)c12. The zero-order valence-electron chi connectivity index (χ0n) is 11.7. The van der Waals surface area contributed by atoms with E-state index in [2.05, 4.69) is 30.7 Å². The van der Waals surface area contributed by atoms with Crippen LogP contribution in [0.3, 0.4) is 0 Å². The molecule has 124 valence electrons. The smallest absolute Gasteiger partial charge is 0.406 e. The molecule has 3 rings (SSSR count). The van der Waals surface area contributed by atoms with Gasteiger partial charge in [-0.2, -0.15) is 5.10 Å². The molecule has 0 saturated heterocycles. The molecule has 0 aliphatic heterocycles. The summed E-state index contributed by atoms with van der Waals surface area (Å²) < 4.78 is 42.3. The molecule has 10 heteroatoms. The summed E-state index contributed by atoms with van der Waals surface area (Å²) in [4.78, 5) is 15.7. The van der Waals surface area contributed by atoms with E-state index in [1.54, 1.807) is 6.07 Å². The van der Waals surface area contributed by atoms with Crippen LogP contribution in [0, 0.1) is 0 Å². The summed E-state index contributed by atoms with van der Waals surface area (Å²) in [5.74, 6) is -1.11. The van der Waals surface area contributed by atoms with E-state index in [4.69, 9.17) is 5.73 Å². The van der Waals surface area contributed by atoms with Crippen molar-refractivity contribution in [3.05, 3.63) is 46.7 Å². The molecule has 0 fully saturated rings. The summed E-state index contributed by atoms with van der Waals surface area (Å²) in [6, 6.07) is 6.62. The first-order valence-electron chi connectivity index (χ1n) is 6.45. The number of aromatic nitrogens is 3. The molecule has 2 N–H and O–H groups in total. The molecule has 2 heterocycles. The molecule has 24 heavy (non-hydrogen) atoms. The van der Waals surface area contributed by atoms with Gasteiger partial charge in [-0.15, -0.1) is 13.2 Å². The fraction of sp³-hybridized carbons (Fsp3) is 0.0714. The molecule has 3 aromatic rings. The third-order valence-electron chi connectivity index (χ3n) is 3.07. The van der Waals surface area contributed by atoms with E-state index in [9.17, 15) is 18.0 Å². The number of fused-ring (bicyclic) bond motifs is 1. The molecule has 1 amide bonds. The Bertz CT molecular complexity index is 922. The maximum atomic E-state index is 12.2. The molecule has 0 aliphatic carbocycles. The standard InChI is InChI=1S/C14H8BrF3N4O2/c15-9-5-6-20-13-10(9)11(12(19)23)21-22(13)7-1-3-8(4-2-7)24-14(16,17)18/h1-6H,(H2,19,23). The van der Waals surface area contributed by atoms with Gasteiger partial charge in [-0.3, -0.25) is 4.79 Å². The summed E-state index contributed by atoms with van der Waals surface area (Å²) in [6.07, 6.45) is -3.28. The summed E-state index contributed by atoms with van der Waals surface area (Å²) in [6.45, 7) is 0. The lowest BCUT2D eigenvalue weighted by Gasteiger charge is -2.09. The molecule has 1 aromatic carbocycles. The summed E-state index contributed by atoms with van der Waals surface area (Å²) in [7, 11) is 0. The number of amides is 1. The van der Waals surface area contributed by atoms with E-state index in [0.29, 0.717) is 21.2 Å². The number of benzene rings is 1. The molecule has 0 radical (unpaired) electrons. The zero-order chi connectivity index (χ0) is 17.5. The monoisotopic (exact) mass is 400 g/mol. The van der Waals surface area contributed by atoms with Crippen LogP contribution in [0.25, 0.3) is 16.7 Å². The Balaban J connectivity index is 2.10. The largest absolute Gasteiger partial charge is 0.573 e. The van der Waals surface area contributed by atoms with Crippen molar-refractivity contribution in [2.24, 2.45) is 5.73 Å². The van der Waals surface area contributed by atoms with Crippen LogP contribution in [0.2, 0.25) is 0 Å². The second kappa shape index (κ2) is 5.78. The van der Waals surface area contributed by atoms with Crippen molar-refractivity contribution < 1.29 is 22.7 Å². The molecule has 0 saturated carbocycles. The normalized spacial score (nSPS) is 11.7. The second-order valence-electron chi connectivity index (χ2n) is 4.66. The number of hydrogen-bond acceptors (Lipinski definition) is 4. The highest BCUT2D eigenvalue weighted by Crippen LogP contribution is 2.28. The molecule has 0 aliphatic rings. The minimum Gasteiger partial charge on any atom is -0.406 e. The van der Waals surface area contributed by atoms with Gasteiger partial charge in [-0.05, 0) is 46.3 Å². The Labute approximate surface area is 141 Å². The van der Waals surface area contributed by atoms with Crippen molar-refractivity contribution in [1.29, 1.82) is 0 Å². The van der Waals surface area contributed by atoms with Crippen molar-refractivity contribution in [2.45, 2.75) is 6.36 Å². The fourth-order valence-electron chi connectivity index (χ4n) is 2.15. The average Bonchev–Trinajstić information content (AvgIpc) is 2.88. The molecule has 0 spiro atoms. The number of carbonyl (C=O) groups excluding carboxylic acids is 1. The number of primary amides is 1. The van der Waals surface area contributed by atoms with Crippen LogP contribution in [-0.4, -0.2) is 27.0 Å². The highest BCUT2D eigenvalue weighted by molar-refractivity contribution is 9.10. The molecule has 0 bridgehead atoms. The predicted octanol–water partition coefficient (Wildman–Crippen LogP) is 3.18. The second-order valence-corrected chi connectivity index (χ2v) is 5.51. The van der Waals surface area contributed by atoms with Crippen molar-refractivity contribution in [2.75, 3.05) is 0 Å². The lowest BCUT2D eigenvalue weighted by Crippen LogP contribution is -2.17. The fourth-order valence-corrected chi connectivity index (χ4v) is 2.63. The van der Waals surface area contributed by atoms with E-state index in [1.165, 1.54) is 23.0 Å². The minimum atomic E-state index is -4.77. The number of pyridine rings is 1. The summed E-state index contributed by atoms with van der Waals surface area (Å²) in [5, 5.41) is 4.53. The van der Waals surface area contributed by atoms with Crippen molar-refractivity contribution in [1.82, 2.24) is 14.8 Å². The van der Waals surface area contributed by atoms with Gasteiger partial charge in [0.05, 0.1) is 11.1 Å². The first kappa shape index (κ1) is 16.2. The molecule has 2 aromatic heterocycles. The topological polar surface area (TPSA) is 83.0 Å². The van der Waals surface area contributed by atoms with Gasteiger partial charge in [-0.1, -0.05) is 0 Å². The Morgan fingerprint density at radius 2 is 1.88 bits per heavy atom. The number of halogens is 4. The Morgan fingerprint density at radius 1 is 1.21 bits per heavy atom.